The van der Waals surface area contributed by atoms with Gasteiger partial charge in [0, 0.05) is 64.3 Å². The minimum absolute atomic E-state index is 0.0322. The quantitative estimate of drug-likeness (QED) is 0.728. The molecule has 0 spiro atoms. The Morgan fingerprint density at radius 3 is 2.70 bits per heavy atom. The van der Waals surface area contributed by atoms with E-state index in [1.54, 1.807) is 18.2 Å². The minimum Gasteiger partial charge on any atom is -0.495 e. The van der Waals surface area contributed by atoms with Crippen LogP contribution in [0.5, 0.6) is 5.75 Å². The molecule has 3 fully saturated rings. The fraction of sp³-hybridized carbons (Fsp3) is 0.571. The second-order valence-electron chi connectivity index (χ2n) is 8.10. The first kappa shape index (κ1) is 20.6. The molecule has 30 heavy (non-hydrogen) atoms. The van der Waals surface area contributed by atoms with Gasteiger partial charge in [0.25, 0.3) is 5.91 Å². The van der Waals surface area contributed by atoms with Gasteiger partial charge in [-0.15, -0.1) is 0 Å². The minimum atomic E-state index is -0.494. The lowest BCUT2D eigenvalue weighted by molar-refractivity contribution is -0.120. The van der Waals surface area contributed by atoms with E-state index in [2.05, 4.69) is 15.5 Å². The first-order chi connectivity index (χ1) is 14.5. The van der Waals surface area contributed by atoms with Crippen LogP contribution in [-0.2, 0) is 4.79 Å². The molecule has 0 radical (unpaired) electrons. The van der Waals surface area contributed by atoms with E-state index in [-0.39, 0.29) is 24.8 Å². The Morgan fingerprint density at radius 1 is 1.17 bits per heavy atom. The van der Waals surface area contributed by atoms with Crippen molar-refractivity contribution in [3.05, 3.63) is 23.8 Å². The van der Waals surface area contributed by atoms with E-state index in [4.69, 9.17) is 4.74 Å². The highest BCUT2D eigenvalue weighted by molar-refractivity contribution is 6.07. The van der Waals surface area contributed by atoms with Crippen LogP contribution in [0.2, 0.25) is 0 Å². The molecule has 3 heterocycles. The van der Waals surface area contributed by atoms with Crippen LogP contribution in [0.15, 0.2) is 18.2 Å². The van der Waals surface area contributed by atoms with E-state index in [0.717, 1.165) is 52.2 Å². The van der Waals surface area contributed by atoms with Crippen LogP contribution in [0.3, 0.4) is 0 Å². The number of ether oxygens (including phenoxy) is 1. The third-order valence-corrected chi connectivity index (χ3v) is 6.07. The molecule has 3 aliphatic heterocycles. The molecule has 162 valence electrons. The third kappa shape index (κ3) is 4.41. The normalized spacial score (nSPS) is 22.9. The highest BCUT2D eigenvalue weighted by atomic mass is 16.5. The van der Waals surface area contributed by atoms with Crippen molar-refractivity contribution in [2.24, 2.45) is 5.92 Å². The average molecular weight is 415 g/mol. The zero-order chi connectivity index (χ0) is 21.1. The van der Waals surface area contributed by atoms with E-state index < -0.39 is 6.03 Å². The number of anilines is 1. The van der Waals surface area contributed by atoms with E-state index in [9.17, 15) is 14.4 Å². The molecule has 1 unspecified atom stereocenters. The number of imide groups is 1. The Labute approximate surface area is 176 Å². The molecule has 2 N–H and O–H groups in total. The predicted octanol–water partition coefficient (Wildman–Crippen LogP) is 0.509. The standard InChI is InChI=1S/C21H29N5O4/c1-30-18-3-2-16(12-17(18)26-9-5-19(27)23-21(26)29)20(28)25-8-4-15(14-25)13-24-10-6-22-7-11-24/h2-3,12,15,22H,4-11,13-14H2,1H3,(H,23,27,29). The van der Waals surface area contributed by atoms with Gasteiger partial charge in [-0.2, -0.15) is 0 Å². The van der Waals surface area contributed by atoms with Crippen LogP contribution in [-0.4, -0.2) is 87.1 Å². The van der Waals surface area contributed by atoms with Gasteiger partial charge in [0.05, 0.1) is 12.8 Å². The summed E-state index contributed by atoms with van der Waals surface area (Å²) in [5.74, 6) is 0.656. The molecule has 0 aliphatic carbocycles. The molecule has 0 saturated carbocycles. The summed E-state index contributed by atoms with van der Waals surface area (Å²) in [7, 11) is 1.52. The largest absolute Gasteiger partial charge is 0.495 e. The summed E-state index contributed by atoms with van der Waals surface area (Å²) >= 11 is 0. The van der Waals surface area contributed by atoms with E-state index in [1.807, 2.05) is 4.90 Å². The summed E-state index contributed by atoms with van der Waals surface area (Å²) in [5, 5.41) is 5.68. The molecule has 1 aromatic carbocycles. The highest BCUT2D eigenvalue weighted by Crippen LogP contribution is 2.31. The number of carbonyl (C=O) groups is 3. The number of carbonyl (C=O) groups excluding carboxylic acids is 3. The smallest absolute Gasteiger partial charge is 0.328 e. The van der Waals surface area contributed by atoms with Gasteiger partial charge in [0.2, 0.25) is 5.91 Å². The lowest BCUT2D eigenvalue weighted by atomic mass is 10.1. The zero-order valence-corrected chi connectivity index (χ0v) is 17.4. The Hall–Kier alpha value is -2.65. The number of hydrogen-bond donors (Lipinski definition) is 2. The summed E-state index contributed by atoms with van der Waals surface area (Å²) in [6, 6.07) is 4.65. The maximum absolute atomic E-state index is 13.1. The molecule has 3 aliphatic rings. The molecule has 1 atom stereocenters. The first-order valence-corrected chi connectivity index (χ1v) is 10.6. The molecule has 3 saturated heterocycles. The van der Waals surface area contributed by atoms with Gasteiger partial charge < -0.3 is 19.9 Å². The maximum Gasteiger partial charge on any atom is 0.328 e. The third-order valence-electron chi connectivity index (χ3n) is 6.07. The van der Waals surface area contributed by atoms with Crippen molar-refractivity contribution < 1.29 is 19.1 Å². The summed E-state index contributed by atoms with van der Waals surface area (Å²) in [4.78, 5) is 42.7. The monoisotopic (exact) mass is 415 g/mol. The predicted molar refractivity (Wildman–Crippen MR) is 112 cm³/mol. The van der Waals surface area contributed by atoms with E-state index >= 15 is 0 Å². The molecular formula is C21H29N5O4. The first-order valence-electron chi connectivity index (χ1n) is 10.6. The van der Waals surface area contributed by atoms with Gasteiger partial charge in [-0.05, 0) is 30.5 Å². The van der Waals surface area contributed by atoms with E-state index in [1.165, 1.54) is 12.0 Å². The number of piperazine rings is 1. The Balaban J connectivity index is 1.45. The van der Waals surface area contributed by atoms with Gasteiger partial charge in [-0.1, -0.05) is 0 Å². The SMILES string of the molecule is COc1ccc(C(=O)N2CCC(CN3CCNCC3)C2)cc1N1CCC(=O)NC1=O. The van der Waals surface area contributed by atoms with Crippen LogP contribution in [0.25, 0.3) is 0 Å². The summed E-state index contributed by atoms with van der Waals surface area (Å²) in [6.07, 6.45) is 1.22. The van der Waals surface area contributed by atoms with E-state index in [0.29, 0.717) is 22.9 Å². The van der Waals surface area contributed by atoms with Crippen molar-refractivity contribution in [2.45, 2.75) is 12.8 Å². The molecule has 9 heteroatoms. The number of rotatable bonds is 5. The van der Waals surface area contributed by atoms with Crippen molar-refractivity contribution in [3.8, 4) is 5.75 Å². The number of benzene rings is 1. The number of methoxy groups -OCH3 is 1. The molecule has 0 bridgehead atoms. The summed E-state index contributed by atoms with van der Waals surface area (Å²) in [6.45, 7) is 6.97. The van der Waals surface area contributed by atoms with Crippen molar-refractivity contribution >= 4 is 23.5 Å². The summed E-state index contributed by atoms with van der Waals surface area (Å²) < 4.78 is 5.39. The Kier molecular flexibility index (Phi) is 6.19. The molecule has 0 aromatic heterocycles. The fourth-order valence-electron chi connectivity index (χ4n) is 4.44. The Bertz CT molecular complexity index is 824. The van der Waals surface area contributed by atoms with Gasteiger partial charge in [-0.25, -0.2) is 4.79 Å². The number of amides is 4. The second kappa shape index (κ2) is 9.01. The lowest BCUT2D eigenvalue weighted by Gasteiger charge is -2.29. The van der Waals surface area contributed by atoms with Crippen LogP contribution in [0, 0.1) is 5.92 Å². The summed E-state index contributed by atoms with van der Waals surface area (Å²) in [5.41, 5.74) is 1.03. The number of nitrogens with zero attached hydrogens (tertiary/aromatic N) is 3. The topological polar surface area (TPSA) is 94.2 Å². The number of likely N-dealkylation sites (tertiary alicyclic amines) is 1. The van der Waals surface area contributed by atoms with Crippen LogP contribution < -0.4 is 20.3 Å². The average Bonchev–Trinajstić information content (AvgIpc) is 3.22. The molecule has 1 aromatic rings. The lowest BCUT2D eigenvalue weighted by Crippen LogP contribution is -2.49. The second-order valence-corrected chi connectivity index (χ2v) is 8.10. The number of hydrogen-bond acceptors (Lipinski definition) is 6. The van der Waals surface area contributed by atoms with Crippen LogP contribution >= 0.6 is 0 Å². The van der Waals surface area contributed by atoms with Crippen molar-refractivity contribution in [1.29, 1.82) is 0 Å². The zero-order valence-electron chi connectivity index (χ0n) is 17.4. The van der Waals surface area contributed by atoms with Crippen molar-refractivity contribution in [1.82, 2.24) is 20.4 Å². The van der Waals surface area contributed by atoms with Crippen LogP contribution in [0.1, 0.15) is 23.2 Å². The number of urea groups is 1. The van der Waals surface area contributed by atoms with Gasteiger partial charge in [0.15, 0.2) is 0 Å². The fourth-order valence-corrected chi connectivity index (χ4v) is 4.44. The number of nitrogens with one attached hydrogen (secondary N) is 2. The Morgan fingerprint density at radius 2 is 1.97 bits per heavy atom. The van der Waals surface area contributed by atoms with Gasteiger partial charge in [0.1, 0.15) is 5.75 Å². The molecule has 9 nitrogen and oxygen atoms in total. The maximum atomic E-state index is 13.1. The molecule has 4 rings (SSSR count). The van der Waals surface area contributed by atoms with Crippen LogP contribution in [0.4, 0.5) is 10.5 Å². The molecule has 4 amide bonds. The highest BCUT2D eigenvalue weighted by Gasteiger charge is 2.31. The van der Waals surface area contributed by atoms with Gasteiger partial charge in [-0.3, -0.25) is 19.8 Å². The van der Waals surface area contributed by atoms with Crippen molar-refractivity contribution in [3.63, 3.8) is 0 Å². The van der Waals surface area contributed by atoms with Gasteiger partial charge >= 0.3 is 6.03 Å². The van der Waals surface area contributed by atoms with Crippen molar-refractivity contribution in [2.75, 3.05) is 64.4 Å². The molecular weight excluding hydrogens is 386 g/mol.